The molecule has 0 bridgehead atoms. The van der Waals surface area contributed by atoms with E-state index in [9.17, 15) is 10.1 Å². The minimum atomic E-state index is -0.452. The Morgan fingerprint density at radius 2 is 1.91 bits per heavy atom. The molecule has 9 nitrogen and oxygen atoms in total. The van der Waals surface area contributed by atoms with E-state index in [4.69, 9.17) is 9.47 Å². The highest BCUT2D eigenvalue weighted by Gasteiger charge is 2.27. The fraction of sp³-hybridized carbons (Fsp3) is 0.714. The monoisotopic (exact) mass is 327 g/mol. The Bertz CT molecular complexity index is 492. The van der Waals surface area contributed by atoms with Crippen molar-refractivity contribution in [3.63, 3.8) is 0 Å². The first-order chi connectivity index (χ1) is 11.0. The molecule has 1 atom stereocenters. The first-order valence-corrected chi connectivity index (χ1v) is 7.53. The Labute approximate surface area is 136 Å². The SMILES string of the molecule is CCC(C)Nc1ncnc(N(CCOC)CCOC)c1[N+](=O)[O-]. The Morgan fingerprint density at radius 1 is 1.30 bits per heavy atom. The van der Waals surface area contributed by atoms with E-state index in [0.717, 1.165) is 6.42 Å². The maximum absolute atomic E-state index is 11.6. The zero-order chi connectivity index (χ0) is 17.2. The van der Waals surface area contributed by atoms with Crippen molar-refractivity contribution in [3.8, 4) is 0 Å². The topological polar surface area (TPSA) is 103 Å². The summed E-state index contributed by atoms with van der Waals surface area (Å²) >= 11 is 0. The number of nitrogens with one attached hydrogen (secondary N) is 1. The molecule has 0 aromatic carbocycles. The second-order valence-corrected chi connectivity index (χ2v) is 5.08. The van der Waals surface area contributed by atoms with Gasteiger partial charge >= 0.3 is 5.69 Å². The standard InChI is InChI=1S/C14H25N5O4/c1-5-11(2)17-13-12(19(20)21)14(16-10-15-13)18(6-8-22-3)7-9-23-4/h10-11H,5-9H2,1-4H3,(H,15,16,17). The highest BCUT2D eigenvalue weighted by atomic mass is 16.6. The van der Waals surface area contributed by atoms with Crippen molar-refractivity contribution in [3.05, 3.63) is 16.4 Å². The van der Waals surface area contributed by atoms with Crippen molar-refractivity contribution < 1.29 is 14.4 Å². The second-order valence-electron chi connectivity index (χ2n) is 5.08. The summed E-state index contributed by atoms with van der Waals surface area (Å²) in [6.07, 6.45) is 2.16. The van der Waals surface area contributed by atoms with Crippen LogP contribution < -0.4 is 10.2 Å². The molecule has 1 rings (SSSR count). The van der Waals surface area contributed by atoms with Crippen LogP contribution in [0.1, 0.15) is 20.3 Å². The fourth-order valence-corrected chi connectivity index (χ4v) is 1.94. The Balaban J connectivity index is 3.18. The minimum absolute atomic E-state index is 0.0721. The van der Waals surface area contributed by atoms with E-state index in [1.165, 1.54) is 6.33 Å². The lowest BCUT2D eigenvalue weighted by atomic mass is 10.2. The van der Waals surface area contributed by atoms with Gasteiger partial charge in [0.2, 0.25) is 11.6 Å². The third-order valence-electron chi connectivity index (χ3n) is 3.41. The van der Waals surface area contributed by atoms with E-state index in [1.54, 1.807) is 19.1 Å². The van der Waals surface area contributed by atoms with Crippen LogP contribution in [-0.4, -0.2) is 61.5 Å². The molecule has 1 unspecified atom stereocenters. The zero-order valence-electron chi connectivity index (χ0n) is 14.1. The van der Waals surface area contributed by atoms with E-state index in [0.29, 0.717) is 26.3 Å². The van der Waals surface area contributed by atoms with Gasteiger partial charge in [-0.25, -0.2) is 9.97 Å². The number of anilines is 2. The molecule has 130 valence electrons. The molecule has 0 aliphatic rings. The molecule has 0 spiro atoms. The van der Waals surface area contributed by atoms with E-state index in [2.05, 4.69) is 15.3 Å². The summed E-state index contributed by atoms with van der Waals surface area (Å²) in [5.74, 6) is 0.499. The maximum Gasteiger partial charge on any atom is 0.353 e. The lowest BCUT2D eigenvalue weighted by Gasteiger charge is -2.23. The van der Waals surface area contributed by atoms with Gasteiger partial charge in [-0.05, 0) is 13.3 Å². The number of hydrogen-bond donors (Lipinski definition) is 1. The van der Waals surface area contributed by atoms with Crippen molar-refractivity contribution in [1.82, 2.24) is 9.97 Å². The fourth-order valence-electron chi connectivity index (χ4n) is 1.94. The largest absolute Gasteiger partial charge is 0.383 e. The number of ether oxygens (including phenoxy) is 2. The molecule has 0 fully saturated rings. The Morgan fingerprint density at radius 3 is 2.39 bits per heavy atom. The third-order valence-corrected chi connectivity index (χ3v) is 3.41. The van der Waals surface area contributed by atoms with Crippen LogP contribution in [0.15, 0.2) is 6.33 Å². The van der Waals surface area contributed by atoms with Gasteiger partial charge < -0.3 is 19.7 Å². The number of aromatic nitrogens is 2. The smallest absolute Gasteiger partial charge is 0.353 e. The molecular formula is C14H25N5O4. The minimum Gasteiger partial charge on any atom is -0.383 e. The predicted molar refractivity (Wildman–Crippen MR) is 88.0 cm³/mol. The molecule has 1 aromatic heterocycles. The lowest BCUT2D eigenvalue weighted by molar-refractivity contribution is -0.383. The predicted octanol–water partition coefficient (Wildman–Crippen LogP) is 1.69. The van der Waals surface area contributed by atoms with Crippen molar-refractivity contribution in [1.29, 1.82) is 0 Å². The van der Waals surface area contributed by atoms with Crippen LogP contribution >= 0.6 is 0 Å². The summed E-state index contributed by atoms with van der Waals surface area (Å²) in [4.78, 5) is 21.0. The zero-order valence-corrected chi connectivity index (χ0v) is 14.1. The van der Waals surface area contributed by atoms with Crippen LogP contribution in [0.25, 0.3) is 0 Å². The van der Waals surface area contributed by atoms with E-state index in [1.807, 2.05) is 13.8 Å². The van der Waals surface area contributed by atoms with Crippen molar-refractivity contribution in [2.24, 2.45) is 0 Å². The van der Waals surface area contributed by atoms with Gasteiger partial charge in [0.15, 0.2) is 0 Å². The molecule has 0 amide bonds. The van der Waals surface area contributed by atoms with Gasteiger partial charge in [-0.1, -0.05) is 6.92 Å². The van der Waals surface area contributed by atoms with Crippen molar-refractivity contribution >= 4 is 17.3 Å². The van der Waals surface area contributed by atoms with Crippen LogP contribution in [0.5, 0.6) is 0 Å². The second kappa shape index (κ2) is 9.90. The third kappa shape index (κ3) is 5.61. The number of nitrogens with zero attached hydrogens (tertiary/aromatic N) is 4. The maximum atomic E-state index is 11.6. The van der Waals surface area contributed by atoms with Gasteiger partial charge in [-0.3, -0.25) is 10.1 Å². The molecule has 0 saturated carbocycles. The van der Waals surface area contributed by atoms with Gasteiger partial charge in [0.1, 0.15) is 6.33 Å². The summed E-state index contributed by atoms with van der Waals surface area (Å²) in [5.41, 5.74) is -0.125. The van der Waals surface area contributed by atoms with E-state index < -0.39 is 4.92 Å². The average Bonchev–Trinajstić information content (AvgIpc) is 2.54. The van der Waals surface area contributed by atoms with Gasteiger partial charge in [-0.2, -0.15) is 0 Å². The molecular weight excluding hydrogens is 302 g/mol. The summed E-state index contributed by atoms with van der Waals surface area (Å²) in [6.45, 7) is 5.74. The summed E-state index contributed by atoms with van der Waals surface area (Å²) in [7, 11) is 3.16. The molecule has 0 radical (unpaired) electrons. The molecule has 1 N–H and O–H groups in total. The molecule has 0 saturated heterocycles. The van der Waals surface area contributed by atoms with Crippen molar-refractivity contribution in [2.45, 2.75) is 26.3 Å². The summed E-state index contributed by atoms with van der Waals surface area (Å²) in [5, 5.41) is 14.6. The number of nitro groups is 1. The number of methoxy groups -OCH3 is 2. The van der Waals surface area contributed by atoms with Crippen LogP contribution in [0, 0.1) is 10.1 Å². The highest BCUT2D eigenvalue weighted by Crippen LogP contribution is 2.32. The molecule has 1 aromatic rings. The summed E-state index contributed by atoms with van der Waals surface area (Å²) in [6, 6.07) is 0.0721. The van der Waals surface area contributed by atoms with Crippen LogP contribution in [0.3, 0.4) is 0 Å². The first kappa shape index (κ1) is 19.0. The van der Waals surface area contributed by atoms with Gasteiger partial charge in [0, 0.05) is 33.4 Å². The quantitative estimate of drug-likeness (QED) is 0.484. The first-order valence-electron chi connectivity index (χ1n) is 7.53. The van der Waals surface area contributed by atoms with E-state index >= 15 is 0 Å². The van der Waals surface area contributed by atoms with Gasteiger partial charge in [-0.15, -0.1) is 0 Å². The van der Waals surface area contributed by atoms with Crippen LogP contribution in [0.4, 0.5) is 17.3 Å². The normalized spacial score (nSPS) is 12.0. The molecule has 0 aliphatic heterocycles. The number of hydrogen-bond acceptors (Lipinski definition) is 8. The Kier molecular flexibility index (Phi) is 8.20. The van der Waals surface area contributed by atoms with Crippen LogP contribution in [-0.2, 0) is 9.47 Å². The average molecular weight is 327 g/mol. The number of rotatable bonds is 11. The van der Waals surface area contributed by atoms with E-state index in [-0.39, 0.29) is 23.4 Å². The molecule has 0 aliphatic carbocycles. The van der Waals surface area contributed by atoms with Crippen molar-refractivity contribution in [2.75, 3.05) is 50.7 Å². The van der Waals surface area contributed by atoms with Gasteiger partial charge in [0.25, 0.3) is 0 Å². The Hall–Kier alpha value is -2.00. The molecule has 9 heteroatoms. The molecule has 23 heavy (non-hydrogen) atoms. The van der Waals surface area contributed by atoms with Gasteiger partial charge in [0.05, 0.1) is 18.1 Å². The van der Waals surface area contributed by atoms with Crippen LogP contribution in [0.2, 0.25) is 0 Å². The highest BCUT2D eigenvalue weighted by molar-refractivity contribution is 5.70. The summed E-state index contributed by atoms with van der Waals surface area (Å²) < 4.78 is 10.1. The molecule has 1 heterocycles. The lowest BCUT2D eigenvalue weighted by Crippen LogP contribution is -2.32.